The molecule has 1 fully saturated rings. The molecule has 9 heteroatoms. The first-order valence-corrected chi connectivity index (χ1v) is 9.15. The van der Waals surface area contributed by atoms with Crippen molar-refractivity contribution in [1.29, 1.82) is 0 Å². The number of carbonyl (C=O) groups is 1. The molecule has 0 spiro atoms. The van der Waals surface area contributed by atoms with Crippen LogP contribution in [0.4, 0.5) is 24.7 Å². The average Bonchev–Trinajstić information content (AvgIpc) is 2.68. The van der Waals surface area contributed by atoms with Crippen molar-refractivity contribution in [3.8, 4) is 0 Å². The van der Waals surface area contributed by atoms with Crippen LogP contribution in [0.3, 0.4) is 0 Å². The fourth-order valence-electron chi connectivity index (χ4n) is 3.06. The minimum absolute atomic E-state index is 0.00233. The summed E-state index contributed by atoms with van der Waals surface area (Å²) >= 11 is 6.01. The van der Waals surface area contributed by atoms with Gasteiger partial charge in [0.25, 0.3) is 0 Å². The highest BCUT2D eigenvalue weighted by Gasteiger charge is 2.32. The second-order valence-electron chi connectivity index (χ2n) is 6.59. The Morgan fingerprint density at radius 3 is 2.39 bits per heavy atom. The molecule has 3 rings (SSSR count). The largest absolute Gasteiger partial charge is 0.417 e. The molecule has 0 unspecified atom stereocenters. The molecule has 1 amide bonds. The minimum Gasteiger partial charge on any atom is -0.365 e. The van der Waals surface area contributed by atoms with Gasteiger partial charge in [0.05, 0.1) is 17.1 Å². The summed E-state index contributed by atoms with van der Waals surface area (Å²) in [5.74, 6) is 0.306. The van der Waals surface area contributed by atoms with Crippen LogP contribution in [-0.4, -0.2) is 55.6 Å². The maximum atomic E-state index is 12.7. The van der Waals surface area contributed by atoms with Crippen molar-refractivity contribution < 1.29 is 18.0 Å². The number of pyridine rings is 1. The Morgan fingerprint density at radius 1 is 1.18 bits per heavy atom. The smallest absolute Gasteiger partial charge is 0.365 e. The molecule has 1 saturated heterocycles. The first-order chi connectivity index (χ1) is 13.3. The third kappa shape index (κ3) is 4.67. The lowest BCUT2D eigenvalue weighted by Gasteiger charge is -2.36. The molecule has 1 aromatic carbocycles. The predicted molar refractivity (Wildman–Crippen MR) is 103 cm³/mol. The number of piperazine rings is 1. The number of halogens is 4. The van der Waals surface area contributed by atoms with E-state index in [1.807, 2.05) is 42.3 Å². The number of alkyl halides is 3. The third-order valence-corrected chi connectivity index (χ3v) is 4.93. The number of aromatic nitrogens is 1. The second-order valence-corrected chi connectivity index (χ2v) is 6.99. The van der Waals surface area contributed by atoms with Gasteiger partial charge in [-0.05, 0) is 18.2 Å². The van der Waals surface area contributed by atoms with E-state index in [1.165, 1.54) is 0 Å². The zero-order valence-corrected chi connectivity index (χ0v) is 16.0. The monoisotopic (exact) mass is 412 g/mol. The molecular weight excluding hydrogens is 393 g/mol. The molecule has 0 N–H and O–H groups in total. The molecule has 2 heterocycles. The molecule has 0 atom stereocenters. The Morgan fingerprint density at radius 2 is 1.82 bits per heavy atom. The van der Waals surface area contributed by atoms with Gasteiger partial charge < -0.3 is 14.7 Å². The van der Waals surface area contributed by atoms with Gasteiger partial charge >= 0.3 is 6.18 Å². The van der Waals surface area contributed by atoms with Crippen LogP contribution in [-0.2, 0) is 11.0 Å². The van der Waals surface area contributed by atoms with Gasteiger partial charge in [-0.3, -0.25) is 4.79 Å². The zero-order valence-electron chi connectivity index (χ0n) is 15.3. The number of para-hydroxylation sites is 1. The highest BCUT2D eigenvalue weighted by atomic mass is 35.5. The molecule has 0 saturated carbocycles. The Balaban J connectivity index is 1.58. The second kappa shape index (κ2) is 8.26. The maximum Gasteiger partial charge on any atom is 0.417 e. The summed E-state index contributed by atoms with van der Waals surface area (Å²) in [6.45, 7) is 2.09. The van der Waals surface area contributed by atoms with E-state index in [0.717, 1.165) is 18.0 Å². The van der Waals surface area contributed by atoms with Crippen molar-refractivity contribution in [2.45, 2.75) is 6.18 Å². The summed E-state index contributed by atoms with van der Waals surface area (Å²) in [5, 5.41) is -0.0431. The number of amides is 1. The number of likely N-dealkylation sites (N-methyl/N-ethyl adjacent to an activating group) is 1. The van der Waals surface area contributed by atoms with Crippen LogP contribution in [0, 0.1) is 0 Å². The molecule has 2 aromatic rings. The van der Waals surface area contributed by atoms with Gasteiger partial charge in [0.1, 0.15) is 5.82 Å². The van der Waals surface area contributed by atoms with E-state index in [2.05, 4.69) is 4.98 Å². The van der Waals surface area contributed by atoms with Gasteiger partial charge in [0, 0.05) is 45.1 Å². The van der Waals surface area contributed by atoms with E-state index in [1.54, 1.807) is 9.80 Å². The van der Waals surface area contributed by atoms with Crippen LogP contribution >= 0.6 is 11.6 Å². The number of rotatable bonds is 4. The van der Waals surface area contributed by atoms with Crippen molar-refractivity contribution in [2.24, 2.45) is 0 Å². The van der Waals surface area contributed by atoms with Crippen LogP contribution in [0.15, 0.2) is 42.6 Å². The Labute approximate surface area is 166 Å². The SMILES string of the molecule is CN(CC(=O)N1CCN(c2ncc(C(F)(F)F)cc2Cl)CC1)c1ccccc1. The van der Waals surface area contributed by atoms with Gasteiger partial charge in [0.2, 0.25) is 5.91 Å². The van der Waals surface area contributed by atoms with E-state index >= 15 is 0 Å². The maximum absolute atomic E-state index is 12.7. The van der Waals surface area contributed by atoms with Crippen molar-refractivity contribution in [3.05, 3.63) is 53.2 Å². The van der Waals surface area contributed by atoms with Crippen molar-refractivity contribution in [2.75, 3.05) is 49.6 Å². The first-order valence-electron chi connectivity index (χ1n) is 8.77. The molecule has 0 bridgehead atoms. The molecule has 1 aliphatic rings. The molecule has 1 aromatic heterocycles. The highest BCUT2D eigenvalue weighted by molar-refractivity contribution is 6.33. The normalized spacial score (nSPS) is 14.9. The van der Waals surface area contributed by atoms with Crippen molar-refractivity contribution >= 4 is 29.0 Å². The standard InChI is InChI=1S/C19H20ClF3N4O/c1-25(15-5-3-2-4-6-15)13-17(28)26-7-9-27(10-8-26)18-16(20)11-14(12-24-18)19(21,22)23/h2-6,11-12H,7-10,13H2,1H3. The van der Waals surface area contributed by atoms with Gasteiger partial charge in [-0.25, -0.2) is 4.98 Å². The average molecular weight is 413 g/mol. The number of hydrogen-bond donors (Lipinski definition) is 0. The zero-order chi connectivity index (χ0) is 20.3. The van der Waals surface area contributed by atoms with Crippen LogP contribution in [0.2, 0.25) is 5.02 Å². The molecular formula is C19H20ClF3N4O. The number of anilines is 2. The molecule has 0 aliphatic carbocycles. The quantitative estimate of drug-likeness (QED) is 0.770. The fraction of sp³-hybridized carbons (Fsp3) is 0.368. The predicted octanol–water partition coefficient (Wildman–Crippen LogP) is 3.54. The molecule has 0 radical (unpaired) electrons. The summed E-state index contributed by atoms with van der Waals surface area (Å²) in [6.07, 6.45) is -3.70. The Kier molecular flexibility index (Phi) is 5.98. The van der Waals surface area contributed by atoms with E-state index in [4.69, 9.17) is 11.6 Å². The summed E-state index contributed by atoms with van der Waals surface area (Å²) < 4.78 is 38.2. The topological polar surface area (TPSA) is 39.7 Å². The van der Waals surface area contributed by atoms with Crippen molar-refractivity contribution in [3.63, 3.8) is 0 Å². The molecule has 5 nitrogen and oxygen atoms in total. The molecule has 28 heavy (non-hydrogen) atoms. The Bertz CT molecular complexity index is 824. The minimum atomic E-state index is -4.48. The fourth-order valence-corrected chi connectivity index (χ4v) is 3.35. The van der Waals surface area contributed by atoms with Crippen LogP contribution in [0.5, 0.6) is 0 Å². The van der Waals surface area contributed by atoms with Crippen molar-refractivity contribution in [1.82, 2.24) is 9.88 Å². The van der Waals surface area contributed by atoms with E-state index < -0.39 is 11.7 Å². The number of benzene rings is 1. The van der Waals surface area contributed by atoms with Crippen LogP contribution in [0.1, 0.15) is 5.56 Å². The Hall–Kier alpha value is -2.48. The summed E-state index contributed by atoms with van der Waals surface area (Å²) in [5.41, 5.74) is 0.0780. The van der Waals surface area contributed by atoms with Gasteiger partial charge in [-0.1, -0.05) is 29.8 Å². The van der Waals surface area contributed by atoms with E-state index in [0.29, 0.717) is 32.0 Å². The molecule has 1 aliphatic heterocycles. The number of carbonyl (C=O) groups excluding carboxylic acids is 1. The number of nitrogens with zero attached hydrogens (tertiary/aromatic N) is 4. The van der Waals surface area contributed by atoms with Gasteiger partial charge in [-0.15, -0.1) is 0 Å². The van der Waals surface area contributed by atoms with Gasteiger partial charge in [-0.2, -0.15) is 13.2 Å². The summed E-state index contributed by atoms with van der Waals surface area (Å²) in [4.78, 5) is 21.9. The lowest BCUT2D eigenvalue weighted by Crippen LogP contribution is -2.51. The van der Waals surface area contributed by atoms with Gasteiger partial charge in [0.15, 0.2) is 0 Å². The van der Waals surface area contributed by atoms with Crippen LogP contribution < -0.4 is 9.80 Å². The summed E-state index contributed by atoms with van der Waals surface area (Å²) in [6, 6.07) is 10.5. The number of hydrogen-bond acceptors (Lipinski definition) is 4. The third-order valence-electron chi connectivity index (χ3n) is 4.65. The lowest BCUT2D eigenvalue weighted by molar-refractivity contribution is -0.137. The molecule has 150 valence electrons. The van der Waals surface area contributed by atoms with Crippen LogP contribution in [0.25, 0.3) is 0 Å². The first kappa shape index (κ1) is 20.3. The lowest BCUT2D eigenvalue weighted by atomic mass is 10.2. The highest BCUT2D eigenvalue weighted by Crippen LogP contribution is 2.33. The van der Waals surface area contributed by atoms with E-state index in [9.17, 15) is 18.0 Å². The summed E-state index contributed by atoms with van der Waals surface area (Å²) in [7, 11) is 1.86. The van der Waals surface area contributed by atoms with E-state index in [-0.39, 0.29) is 17.5 Å².